The van der Waals surface area contributed by atoms with Gasteiger partial charge in [0.1, 0.15) is 0 Å². The van der Waals surface area contributed by atoms with Crippen LogP contribution in [0.3, 0.4) is 0 Å². The fourth-order valence-electron chi connectivity index (χ4n) is 2.68. The van der Waals surface area contributed by atoms with Gasteiger partial charge in [0.15, 0.2) is 0 Å². The minimum Gasteiger partial charge on any atom is -0.362 e. The van der Waals surface area contributed by atoms with Crippen molar-refractivity contribution < 1.29 is 4.74 Å². The van der Waals surface area contributed by atoms with Crippen LogP contribution in [-0.4, -0.2) is 30.8 Å². The molecule has 0 saturated carbocycles. The van der Waals surface area contributed by atoms with Crippen LogP contribution in [0, 0.1) is 17.3 Å². The van der Waals surface area contributed by atoms with Crippen LogP contribution in [0.2, 0.25) is 0 Å². The Balaban J connectivity index is 2.68. The van der Waals surface area contributed by atoms with Crippen LogP contribution in [0.25, 0.3) is 0 Å². The molecule has 96 valence electrons. The van der Waals surface area contributed by atoms with E-state index in [4.69, 9.17) is 4.74 Å². The molecular formula is C14H29NO. The van der Waals surface area contributed by atoms with E-state index in [9.17, 15) is 0 Å². The first-order chi connectivity index (χ1) is 7.36. The molecule has 1 heterocycles. The van der Waals surface area contributed by atoms with E-state index in [1.165, 1.54) is 19.5 Å². The highest BCUT2D eigenvalue weighted by Crippen LogP contribution is 2.35. The highest BCUT2D eigenvalue weighted by Gasteiger charge is 2.38. The molecule has 16 heavy (non-hydrogen) atoms. The normalized spacial score (nSPS) is 28.7. The molecule has 0 aromatic rings. The van der Waals surface area contributed by atoms with E-state index < -0.39 is 0 Å². The van der Waals surface area contributed by atoms with Gasteiger partial charge in [0.2, 0.25) is 0 Å². The molecular weight excluding hydrogens is 198 g/mol. The molecule has 0 N–H and O–H groups in total. The molecule has 0 radical (unpaired) electrons. The van der Waals surface area contributed by atoms with E-state index in [0.717, 1.165) is 6.73 Å². The van der Waals surface area contributed by atoms with Gasteiger partial charge in [-0.2, -0.15) is 0 Å². The molecule has 1 aliphatic rings. The average molecular weight is 227 g/mol. The van der Waals surface area contributed by atoms with E-state index in [1.54, 1.807) is 0 Å². The van der Waals surface area contributed by atoms with Crippen molar-refractivity contribution in [1.82, 2.24) is 4.90 Å². The van der Waals surface area contributed by atoms with Crippen LogP contribution in [-0.2, 0) is 4.74 Å². The van der Waals surface area contributed by atoms with E-state index in [0.29, 0.717) is 17.9 Å². The fourth-order valence-corrected chi connectivity index (χ4v) is 2.68. The Morgan fingerprint density at radius 1 is 1.31 bits per heavy atom. The lowest BCUT2D eigenvalue weighted by Crippen LogP contribution is -2.51. The van der Waals surface area contributed by atoms with Crippen molar-refractivity contribution in [2.45, 2.75) is 54.1 Å². The smallest absolute Gasteiger partial charge is 0.0994 e. The Morgan fingerprint density at radius 3 is 2.38 bits per heavy atom. The number of hydrogen-bond acceptors (Lipinski definition) is 2. The molecule has 0 aliphatic carbocycles. The summed E-state index contributed by atoms with van der Waals surface area (Å²) in [5.74, 6) is 1.36. The minimum atomic E-state index is 0.257. The van der Waals surface area contributed by atoms with E-state index >= 15 is 0 Å². The van der Waals surface area contributed by atoms with Crippen LogP contribution in [0.4, 0.5) is 0 Å². The van der Waals surface area contributed by atoms with Gasteiger partial charge in [0.05, 0.1) is 12.8 Å². The third-order valence-corrected chi connectivity index (χ3v) is 3.54. The molecule has 1 aliphatic heterocycles. The van der Waals surface area contributed by atoms with E-state index in [2.05, 4.69) is 46.4 Å². The predicted molar refractivity (Wildman–Crippen MR) is 69.4 cm³/mol. The SMILES string of the molecule is CCCN1COC(C(C)(C)C)C(C(C)C)C1. The zero-order chi connectivity index (χ0) is 12.3. The second-order valence-electron chi connectivity index (χ2n) is 6.57. The second kappa shape index (κ2) is 5.50. The van der Waals surface area contributed by atoms with Gasteiger partial charge in [-0.05, 0) is 17.8 Å². The van der Waals surface area contributed by atoms with Crippen molar-refractivity contribution in [3.05, 3.63) is 0 Å². The lowest BCUT2D eigenvalue weighted by atomic mass is 9.75. The molecule has 2 atom stereocenters. The Hall–Kier alpha value is -0.0800. The number of nitrogens with zero attached hydrogens (tertiary/aromatic N) is 1. The van der Waals surface area contributed by atoms with Crippen molar-refractivity contribution >= 4 is 0 Å². The average Bonchev–Trinajstić information content (AvgIpc) is 2.16. The molecule has 0 amide bonds. The zero-order valence-corrected chi connectivity index (χ0v) is 11.9. The van der Waals surface area contributed by atoms with E-state index in [-0.39, 0.29) is 5.41 Å². The summed E-state index contributed by atoms with van der Waals surface area (Å²) >= 11 is 0. The van der Waals surface area contributed by atoms with Gasteiger partial charge >= 0.3 is 0 Å². The maximum Gasteiger partial charge on any atom is 0.0994 e. The van der Waals surface area contributed by atoms with Crippen molar-refractivity contribution in [2.24, 2.45) is 17.3 Å². The van der Waals surface area contributed by atoms with Crippen molar-refractivity contribution in [2.75, 3.05) is 19.8 Å². The summed E-state index contributed by atoms with van der Waals surface area (Å²) in [5, 5.41) is 0. The summed E-state index contributed by atoms with van der Waals surface area (Å²) in [5.41, 5.74) is 0.257. The summed E-state index contributed by atoms with van der Waals surface area (Å²) in [6.45, 7) is 16.9. The topological polar surface area (TPSA) is 12.5 Å². The van der Waals surface area contributed by atoms with Gasteiger partial charge in [0, 0.05) is 19.0 Å². The molecule has 1 rings (SSSR count). The zero-order valence-electron chi connectivity index (χ0n) is 11.9. The molecule has 0 aromatic heterocycles. The van der Waals surface area contributed by atoms with Crippen LogP contribution >= 0.6 is 0 Å². The fraction of sp³-hybridized carbons (Fsp3) is 1.00. The van der Waals surface area contributed by atoms with Gasteiger partial charge < -0.3 is 4.74 Å². The standard InChI is InChI=1S/C14H29NO/c1-7-8-15-9-12(11(2)3)13(16-10-15)14(4,5)6/h11-13H,7-10H2,1-6H3. The number of ether oxygens (including phenoxy) is 1. The first kappa shape index (κ1) is 14.0. The Bertz CT molecular complexity index is 207. The molecule has 2 nitrogen and oxygen atoms in total. The highest BCUT2D eigenvalue weighted by atomic mass is 16.5. The van der Waals surface area contributed by atoms with Crippen molar-refractivity contribution in [3.63, 3.8) is 0 Å². The minimum absolute atomic E-state index is 0.257. The molecule has 1 fully saturated rings. The highest BCUT2D eigenvalue weighted by molar-refractivity contribution is 4.87. The van der Waals surface area contributed by atoms with Crippen LogP contribution in [0.5, 0.6) is 0 Å². The van der Waals surface area contributed by atoms with Crippen molar-refractivity contribution in [3.8, 4) is 0 Å². The summed E-state index contributed by atoms with van der Waals surface area (Å²) in [6, 6.07) is 0. The number of rotatable bonds is 3. The molecule has 0 aromatic carbocycles. The molecule has 2 heteroatoms. The quantitative estimate of drug-likeness (QED) is 0.733. The molecule has 0 bridgehead atoms. The summed E-state index contributed by atoms with van der Waals surface area (Å²) in [4.78, 5) is 2.45. The third-order valence-electron chi connectivity index (χ3n) is 3.54. The Morgan fingerprint density at radius 2 is 1.94 bits per heavy atom. The Labute approximate surface area is 101 Å². The van der Waals surface area contributed by atoms with E-state index in [1.807, 2.05) is 0 Å². The van der Waals surface area contributed by atoms with Crippen LogP contribution in [0.1, 0.15) is 48.0 Å². The van der Waals surface area contributed by atoms with Crippen molar-refractivity contribution in [1.29, 1.82) is 0 Å². The lowest BCUT2D eigenvalue weighted by molar-refractivity contribution is -0.153. The van der Waals surface area contributed by atoms with Gasteiger partial charge in [-0.3, -0.25) is 4.90 Å². The van der Waals surface area contributed by atoms with Gasteiger partial charge in [-0.15, -0.1) is 0 Å². The first-order valence-corrected chi connectivity index (χ1v) is 6.70. The monoisotopic (exact) mass is 227 g/mol. The maximum atomic E-state index is 6.11. The second-order valence-corrected chi connectivity index (χ2v) is 6.57. The van der Waals surface area contributed by atoms with Gasteiger partial charge in [-0.1, -0.05) is 41.5 Å². The third kappa shape index (κ3) is 3.46. The van der Waals surface area contributed by atoms with Crippen LogP contribution in [0.15, 0.2) is 0 Å². The molecule has 1 saturated heterocycles. The van der Waals surface area contributed by atoms with Crippen LogP contribution < -0.4 is 0 Å². The first-order valence-electron chi connectivity index (χ1n) is 6.70. The number of hydrogen-bond donors (Lipinski definition) is 0. The lowest BCUT2D eigenvalue weighted by Gasteiger charge is -2.46. The molecule has 0 spiro atoms. The summed E-state index contributed by atoms with van der Waals surface area (Å²) in [6.07, 6.45) is 1.62. The van der Waals surface area contributed by atoms with Gasteiger partial charge in [0.25, 0.3) is 0 Å². The maximum absolute atomic E-state index is 6.11. The summed E-state index contributed by atoms with van der Waals surface area (Å²) < 4.78 is 6.11. The predicted octanol–water partition coefficient (Wildman–Crippen LogP) is 3.37. The van der Waals surface area contributed by atoms with Gasteiger partial charge in [-0.25, -0.2) is 0 Å². The largest absolute Gasteiger partial charge is 0.362 e. The molecule has 2 unspecified atom stereocenters. The summed E-state index contributed by atoms with van der Waals surface area (Å²) in [7, 11) is 0. The Kier molecular flexibility index (Phi) is 4.81.